The van der Waals surface area contributed by atoms with Gasteiger partial charge in [-0.2, -0.15) is 0 Å². The van der Waals surface area contributed by atoms with Crippen LogP contribution in [0.25, 0.3) is 0 Å². The van der Waals surface area contributed by atoms with Crippen LogP contribution in [0, 0.1) is 5.41 Å². The van der Waals surface area contributed by atoms with Crippen LogP contribution >= 0.6 is 0 Å². The van der Waals surface area contributed by atoms with Gasteiger partial charge in [0, 0.05) is 19.2 Å². The van der Waals surface area contributed by atoms with E-state index in [0.717, 1.165) is 24.1 Å². The topological polar surface area (TPSA) is 53.4 Å². The number of amides is 1. The molecule has 1 aliphatic heterocycles. The number of ether oxygens (including phenoxy) is 1. The number of methoxy groups -OCH3 is 1. The van der Waals surface area contributed by atoms with E-state index in [2.05, 4.69) is 12.1 Å². The van der Waals surface area contributed by atoms with Crippen LogP contribution in [0.15, 0.2) is 18.2 Å². The quantitative estimate of drug-likeness (QED) is 0.653. The van der Waals surface area contributed by atoms with Crippen molar-refractivity contribution in [1.82, 2.24) is 0 Å². The molecule has 1 aromatic rings. The van der Waals surface area contributed by atoms with E-state index in [9.17, 15) is 4.79 Å². The van der Waals surface area contributed by atoms with Crippen molar-refractivity contribution in [2.24, 2.45) is 0 Å². The number of likely N-dealkylation sites (N-methyl/N-ethyl adjacent to an activating group) is 1. The molecular weight excluding hydrogens is 228 g/mol. The Morgan fingerprint density at radius 3 is 3.00 bits per heavy atom. The van der Waals surface area contributed by atoms with Gasteiger partial charge >= 0.3 is 0 Å². The summed E-state index contributed by atoms with van der Waals surface area (Å²) in [5, 5.41) is 7.41. The fraction of sp³-hybridized carbons (Fsp3) is 0.429. The Kier molecular flexibility index (Phi) is 3.65. The molecule has 0 atom stereocenters. The molecule has 0 fully saturated rings. The highest BCUT2D eigenvalue weighted by atomic mass is 16.5. The zero-order valence-electron chi connectivity index (χ0n) is 10.8. The van der Waals surface area contributed by atoms with Crippen LogP contribution in [0.3, 0.4) is 0 Å². The van der Waals surface area contributed by atoms with E-state index in [1.165, 1.54) is 12.7 Å². The lowest BCUT2D eigenvalue weighted by molar-refractivity contribution is -0.117. The van der Waals surface area contributed by atoms with Crippen LogP contribution < -0.4 is 4.90 Å². The fourth-order valence-electron chi connectivity index (χ4n) is 2.23. The smallest absolute Gasteiger partial charge is 0.231 e. The number of nitrogens with one attached hydrogen (secondary N) is 1. The molecule has 0 spiro atoms. The molecule has 0 radical (unpaired) electrons. The molecule has 96 valence electrons. The van der Waals surface area contributed by atoms with Gasteiger partial charge in [-0.3, -0.25) is 10.2 Å². The Labute approximate surface area is 107 Å². The van der Waals surface area contributed by atoms with E-state index in [1.54, 1.807) is 4.90 Å². The van der Waals surface area contributed by atoms with Crippen molar-refractivity contribution in [1.29, 1.82) is 5.41 Å². The third kappa shape index (κ3) is 2.53. The van der Waals surface area contributed by atoms with Crippen molar-refractivity contribution >= 4 is 17.5 Å². The summed E-state index contributed by atoms with van der Waals surface area (Å²) in [5.74, 6) is 0.481. The molecule has 18 heavy (non-hydrogen) atoms. The van der Waals surface area contributed by atoms with Gasteiger partial charge in [-0.25, -0.2) is 0 Å². The Bertz CT molecular complexity index is 483. The minimum absolute atomic E-state index is 0.156. The van der Waals surface area contributed by atoms with Crippen LogP contribution in [-0.4, -0.2) is 26.0 Å². The molecule has 0 aliphatic carbocycles. The van der Waals surface area contributed by atoms with E-state index in [0.29, 0.717) is 18.7 Å². The molecule has 4 heteroatoms. The number of carbonyl (C=O) groups excluding carboxylic acids is 1. The highest BCUT2D eigenvalue weighted by Gasteiger charge is 2.23. The molecule has 0 unspecified atom stereocenters. The molecule has 0 aromatic heterocycles. The second-order valence-electron chi connectivity index (χ2n) is 4.57. The molecule has 0 saturated heterocycles. The average Bonchev–Trinajstić information content (AvgIpc) is 2.64. The highest BCUT2D eigenvalue weighted by molar-refractivity contribution is 6.00. The summed E-state index contributed by atoms with van der Waals surface area (Å²) in [7, 11) is 3.34. The number of hydrogen-bond acceptors (Lipinski definition) is 3. The molecule has 1 N–H and O–H groups in total. The summed E-state index contributed by atoms with van der Waals surface area (Å²) in [6.07, 6.45) is 2.98. The number of anilines is 1. The van der Waals surface area contributed by atoms with Gasteiger partial charge in [0.2, 0.25) is 5.91 Å². The Morgan fingerprint density at radius 2 is 2.28 bits per heavy atom. The first-order chi connectivity index (χ1) is 8.61. The summed E-state index contributed by atoms with van der Waals surface area (Å²) in [6, 6.07) is 6.18. The number of nitrogens with zero attached hydrogens (tertiary/aromatic N) is 1. The van der Waals surface area contributed by atoms with Gasteiger partial charge in [0.25, 0.3) is 0 Å². The van der Waals surface area contributed by atoms with E-state index >= 15 is 0 Å². The van der Waals surface area contributed by atoms with E-state index < -0.39 is 0 Å². The normalized spacial score (nSPS) is 13.7. The number of hydrogen-bond donors (Lipinski definition) is 1. The SMILES string of the molecule is COC(=N)CCCc1ccc2c(c1)CC(=O)N2C. The van der Waals surface area contributed by atoms with E-state index in [4.69, 9.17) is 10.1 Å². The molecular formula is C14H18N2O2. The van der Waals surface area contributed by atoms with Crippen LogP contribution in [0.1, 0.15) is 24.0 Å². The van der Waals surface area contributed by atoms with Crippen LogP contribution in [0.4, 0.5) is 5.69 Å². The second kappa shape index (κ2) is 5.21. The van der Waals surface area contributed by atoms with E-state index in [1.807, 2.05) is 13.1 Å². The summed E-state index contributed by atoms with van der Waals surface area (Å²) < 4.78 is 4.82. The minimum Gasteiger partial charge on any atom is -0.484 e. The average molecular weight is 246 g/mol. The third-order valence-electron chi connectivity index (χ3n) is 3.34. The Morgan fingerprint density at radius 1 is 1.50 bits per heavy atom. The maximum atomic E-state index is 11.6. The van der Waals surface area contributed by atoms with Crippen LogP contribution in [0.5, 0.6) is 0 Å². The van der Waals surface area contributed by atoms with Crippen molar-refractivity contribution in [2.45, 2.75) is 25.7 Å². The monoisotopic (exact) mass is 246 g/mol. The summed E-state index contributed by atoms with van der Waals surface area (Å²) in [5.41, 5.74) is 3.36. The van der Waals surface area contributed by atoms with Gasteiger partial charge < -0.3 is 9.64 Å². The largest absolute Gasteiger partial charge is 0.484 e. The van der Waals surface area contributed by atoms with E-state index in [-0.39, 0.29) is 5.91 Å². The number of carbonyl (C=O) groups is 1. The van der Waals surface area contributed by atoms with Crippen molar-refractivity contribution in [3.8, 4) is 0 Å². The second-order valence-corrected chi connectivity index (χ2v) is 4.57. The highest BCUT2D eigenvalue weighted by Crippen LogP contribution is 2.28. The first-order valence-corrected chi connectivity index (χ1v) is 6.11. The summed E-state index contributed by atoms with van der Waals surface area (Å²) in [4.78, 5) is 13.3. The maximum Gasteiger partial charge on any atom is 0.231 e. The molecule has 4 nitrogen and oxygen atoms in total. The predicted molar refractivity (Wildman–Crippen MR) is 71.2 cm³/mol. The standard InChI is InChI=1S/C14H18N2O2/c1-16-12-7-6-10(4-3-5-13(15)18-2)8-11(12)9-14(16)17/h6-8,15H,3-5,9H2,1-2H3. The molecule has 1 aromatic carbocycles. The van der Waals surface area contributed by atoms with Gasteiger partial charge in [-0.15, -0.1) is 0 Å². The molecule has 0 bridgehead atoms. The zero-order chi connectivity index (χ0) is 13.1. The molecule has 1 aliphatic rings. The lowest BCUT2D eigenvalue weighted by Crippen LogP contribution is -2.20. The molecule has 0 saturated carbocycles. The molecule has 2 rings (SSSR count). The summed E-state index contributed by atoms with van der Waals surface area (Å²) >= 11 is 0. The minimum atomic E-state index is 0.156. The lowest BCUT2D eigenvalue weighted by Gasteiger charge is -2.10. The number of rotatable bonds is 4. The van der Waals surface area contributed by atoms with Crippen LogP contribution in [-0.2, 0) is 22.4 Å². The Hall–Kier alpha value is -1.84. The van der Waals surface area contributed by atoms with Crippen molar-refractivity contribution in [2.75, 3.05) is 19.1 Å². The van der Waals surface area contributed by atoms with Crippen molar-refractivity contribution in [3.05, 3.63) is 29.3 Å². The number of benzene rings is 1. The first kappa shape index (κ1) is 12.6. The fourth-order valence-corrected chi connectivity index (χ4v) is 2.23. The molecule has 1 heterocycles. The molecule has 1 amide bonds. The first-order valence-electron chi connectivity index (χ1n) is 6.11. The predicted octanol–water partition coefficient (Wildman–Crippen LogP) is 2.15. The van der Waals surface area contributed by atoms with Gasteiger partial charge in [0.1, 0.15) is 0 Å². The van der Waals surface area contributed by atoms with Crippen LogP contribution in [0.2, 0.25) is 0 Å². The van der Waals surface area contributed by atoms with Gasteiger partial charge in [-0.1, -0.05) is 12.1 Å². The van der Waals surface area contributed by atoms with Gasteiger partial charge in [-0.05, 0) is 30.0 Å². The third-order valence-corrected chi connectivity index (χ3v) is 3.34. The number of fused-ring (bicyclic) bond motifs is 1. The maximum absolute atomic E-state index is 11.6. The van der Waals surface area contributed by atoms with Gasteiger partial charge in [0.15, 0.2) is 5.90 Å². The lowest BCUT2D eigenvalue weighted by atomic mass is 10.0. The van der Waals surface area contributed by atoms with Crippen molar-refractivity contribution < 1.29 is 9.53 Å². The zero-order valence-corrected chi connectivity index (χ0v) is 10.8. The number of aryl methyl sites for hydroxylation is 1. The van der Waals surface area contributed by atoms with Crippen molar-refractivity contribution in [3.63, 3.8) is 0 Å². The van der Waals surface area contributed by atoms with Gasteiger partial charge in [0.05, 0.1) is 13.5 Å². The Balaban J connectivity index is 1.98. The summed E-state index contributed by atoms with van der Waals surface area (Å²) in [6.45, 7) is 0.